The first-order valence-electron chi connectivity index (χ1n) is 6.03. The van der Waals surface area contributed by atoms with Gasteiger partial charge in [0.25, 0.3) is 0 Å². The van der Waals surface area contributed by atoms with E-state index in [9.17, 15) is 5.11 Å². The molecule has 0 spiro atoms. The molecule has 0 saturated heterocycles. The SMILES string of the molecule is C=C(CC1CCCC1O)Nc1cccc(Cl)c1. The first-order valence-corrected chi connectivity index (χ1v) is 6.41. The lowest BCUT2D eigenvalue weighted by Crippen LogP contribution is -2.15. The van der Waals surface area contributed by atoms with Crippen molar-refractivity contribution in [2.45, 2.75) is 31.8 Å². The molecule has 2 nitrogen and oxygen atoms in total. The van der Waals surface area contributed by atoms with Crippen molar-refractivity contribution >= 4 is 17.3 Å². The molecule has 1 aromatic carbocycles. The van der Waals surface area contributed by atoms with Crippen molar-refractivity contribution in [1.29, 1.82) is 0 Å². The molecule has 0 bridgehead atoms. The highest BCUT2D eigenvalue weighted by atomic mass is 35.5. The van der Waals surface area contributed by atoms with Crippen LogP contribution in [0.4, 0.5) is 5.69 Å². The minimum absolute atomic E-state index is 0.159. The number of nitrogens with one attached hydrogen (secondary N) is 1. The summed E-state index contributed by atoms with van der Waals surface area (Å²) < 4.78 is 0. The van der Waals surface area contributed by atoms with Crippen LogP contribution in [-0.2, 0) is 0 Å². The number of halogens is 1. The van der Waals surface area contributed by atoms with Crippen LogP contribution < -0.4 is 5.32 Å². The third-order valence-electron chi connectivity index (χ3n) is 3.27. The van der Waals surface area contributed by atoms with Crippen LogP contribution in [0.2, 0.25) is 5.02 Å². The Labute approximate surface area is 107 Å². The number of aliphatic hydroxyl groups is 1. The summed E-state index contributed by atoms with van der Waals surface area (Å²) in [4.78, 5) is 0. The van der Waals surface area contributed by atoms with Gasteiger partial charge < -0.3 is 10.4 Å². The van der Waals surface area contributed by atoms with Gasteiger partial charge in [-0.25, -0.2) is 0 Å². The fourth-order valence-electron chi connectivity index (χ4n) is 2.39. The third-order valence-corrected chi connectivity index (χ3v) is 3.51. The van der Waals surface area contributed by atoms with Crippen molar-refractivity contribution in [1.82, 2.24) is 0 Å². The van der Waals surface area contributed by atoms with Gasteiger partial charge in [-0.1, -0.05) is 30.7 Å². The summed E-state index contributed by atoms with van der Waals surface area (Å²) >= 11 is 5.91. The maximum atomic E-state index is 9.76. The van der Waals surface area contributed by atoms with Crippen molar-refractivity contribution in [2.24, 2.45) is 5.92 Å². The highest BCUT2D eigenvalue weighted by Gasteiger charge is 2.25. The van der Waals surface area contributed by atoms with Crippen LogP contribution in [0, 0.1) is 5.92 Å². The monoisotopic (exact) mass is 251 g/mol. The highest BCUT2D eigenvalue weighted by Crippen LogP contribution is 2.30. The molecule has 17 heavy (non-hydrogen) atoms. The zero-order valence-electron chi connectivity index (χ0n) is 9.82. The summed E-state index contributed by atoms with van der Waals surface area (Å²) in [6.45, 7) is 4.01. The Morgan fingerprint density at radius 1 is 1.47 bits per heavy atom. The summed E-state index contributed by atoms with van der Waals surface area (Å²) in [5.41, 5.74) is 1.90. The van der Waals surface area contributed by atoms with Crippen LogP contribution in [0.1, 0.15) is 25.7 Å². The largest absolute Gasteiger partial charge is 0.393 e. The van der Waals surface area contributed by atoms with Crippen molar-refractivity contribution in [3.63, 3.8) is 0 Å². The molecule has 0 aliphatic heterocycles. The molecule has 0 aromatic heterocycles. The lowest BCUT2D eigenvalue weighted by molar-refractivity contribution is 0.133. The van der Waals surface area contributed by atoms with Crippen LogP contribution >= 0.6 is 11.6 Å². The molecule has 1 aromatic rings. The molecule has 1 aliphatic carbocycles. The second-order valence-corrected chi connectivity index (χ2v) is 5.14. The number of aliphatic hydroxyl groups excluding tert-OH is 1. The molecule has 0 heterocycles. The number of anilines is 1. The van der Waals surface area contributed by atoms with Gasteiger partial charge in [0.2, 0.25) is 0 Å². The highest BCUT2D eigenvalue weighted by molar-refractivity contribution is 6.30. The van der Waals surface area contributed by atoms with Gasteiger partial charge in [0.1, 0.15) is 0 Å². The molecule has 92 valence electrons. The van der Waals surface area contributed by atoms with E-state index < -0.39 is 0 Å². The van der Waals surface area contributed by atoms with E-state index in [2.05, 4.69) is 11.9 Å². The maximum absolute atomic E-state index is 9.76. The van der Waals surface area contributed by atoms with Gasteiger partial charge >= 0.3 is 0 Å². The topological polar surface area (TPSA) is 32.3 Å². The number of benzene rings is 1. The van der Waals surface area contributed by atoms with Crippen LogP contribution in [-0.4, -0.2) is 11.2 Å². The Hall–Kier alpha value is -0.990. The smallest absolute Gasteiger partial charge is 0.0572 e. The summed E-state index contributed by atoms with van der Waals surface area (Å²) in [6.07, 6.45) is 3.81. The van der Waals surface area contributed by atoms with Gasteiger partial charge in [0.15, 0.2) is 0 Å². The van der Waals surface area contributed by atoms with E-state index in [-0.39, 0.29) is 6.10 Å². The normalized spacial score (nSPS) is 23.6. The summed E-state index contributed by atoms with van der Waals surface area (Å²) in [7, 11) is 0. The Morgan fingerprint density at radius 3 is 2.94 bits per heavy atom. The van der Waals surface area contributed by atoms with Crippen LogP contribution in [0.15, 0.2) is 36.5 Å². The van der Waals surface area contributed by atoms with E-state index in [1.54, 1.807) is 0 Å². The van der Waals surface area contributed by atoms with Gasteiger partial charge in [0, 0.05) is 16.4 Å². The molecule has 3 heteroatoms. The Balaban J connectivity index is 1.89. The van der Waals surface area contributed by atoms with E-state index in [0.717, 1.165) is 37.1 Å². The molecule has 1 fully saturated rings. The van der Waals surface area contributed by atoms with Crippen LogP contribution in [0.3, 0.4) is 0 Å². The molecule has 1 saturated carbocycles. The number of allylic oxidation sites excluding steroid dienone is 1. The molecule has 2 unspecified atom stereocenters. The molecule has 2 rings (SSSR count). The second kappa shape index (κ2) is 5.56. The molecule has 0 radical (unpaired) electrons. The van der Waals surface area contributed by atoms with Crippen molar-refractivity contribution in [3.05, 3.63) is 41.6 Å². The first kappa shape index (κ1) is 12.5. The lowest BCUT2D eigenvalue weighted by atomic mass is 10.00. The van der Waals surface area contributed by atoms with Gasteiger partial charge in [0.05, 0.1) is 6.10 Å². The summed E-state index contributed by atoms with van der Waals surface area (Å²) in [5, 5.41) is 13.7. The predicted molar refractivity (Wildman–Crippen MR) is 72.2 cm³/mol. The number of rotatable bonds is 4. The Morgan fingerprint density at radius 2 is 2.29 bits per heavy atom. The van der Waals surface area contributed by atoms with Crippen molar-refractivity contribution in [2.75, 3.05) is 5.32 Å². The van der Waals surface area contributed by atoms with Gasteiger partial charge in [-0.15, -0.1) is 0 Å². The molecular weight excluding hydrogens is 234 g/mol. The number of hydrogen-bond acceptors (Lipinski definition) is 2. The molecule has 1 aliphatic rings. The van der Waals surface area contributed by atoms with Crippen LogP contribution in [0.25, 0.3) is 0 Å². The van der Waals surface area contributed by atoms with Crippen LogP contribution in [0.5, 0.6) is 0 Å². The van der Waals surface area contributed by atoms with Gasteiger partial charge in [-0.3, -0.25) is 0 Å². The third kappa shape index (κ3) is 3.48. The summed E-state index contributed by atoms with van der Waals surface area (Å²) in [6, 6.07) is 7.58. The van der Waals surface area contributed by atoms with Gasteiger partial charge in [-0.2, -0.15) is 0 Å². The van der Waals surface area contributed by atoms with E-state index in [4.69, 9.17) is 11.6 Å². The van der Waals surface area contributed by atoms with Gasteiger partial charge in [-0.05, 0) is 43.4 Å². The second-order valence-electron chi connectivity index (χ2n) is 4.70. The average Bonchev–Trinajstić information content (AvgIpc) is 2.64. The minimum atomic E-state index is -0.159. The quantitative estimate of drug-likeness (QED) is 0.853. The van der Waals surface area contributed by atoms with Crippen molar-refractivity contribution in [3.8, 4) is 0 Å². The maximum Gasteiger partial charge on any atom is 0.0572 e. The number of hydrogen-bond donors (Lipinski definition) is 2. The van der Waals surface area contributed by atoms with Crippen molar-refractivity contribution < 1.29 is 5.11 Å². The standard InChI is InChI=1S/C14H18ClNO/c1-10(8-11-4-2-7-14(11)17)16-13-6-3-5-12(15)9-13/h3,5-6,9,11,14,16-17H,1-2,4,7-8H2. The fourth-order valence-corrected chi connectivity index (χ4v) is 2.58. The summed E-state index contributed by atoms with van der Waals surface area (Å²) in [5.74, 6) is 0.356. The Kier molecular flexibility index (Phi) is 4.08. The minimum Gasteiger partial charge on any atom is -0.393 e. The molecule has 0 amide bonds. The zero-order chi connectivity index (χ0) is 12.3. The Bertz CT molecular complexity index is 405. The molecule has 2 N–H and O–H groups in total. The zero-order valence-corrected chi connectivity index (χ0v) is 10.6. The van der Waals surface area contributed by atoms with E-state index in [1.807, 2.05) is 24.3 Å². The fraction of sp³-hybridized carbons (Fsp3) is 0.429. The van der Waals surface area contributed by atoms with E-state index >= 15 is 0 Å². The predicted octanol–water partition coefficient (Wildman–Crippen LogP) is 3.82. The molecular formula is C14H18ClNO. The first-order chi connectivity index (χ1) is 8.15. The van der Waals surface area contributed by atoms with E-state index in [1.165, 1.54) is 0 Å². The molecule has 2 atom stereocenters. The average molecular weight is 252 g/mol. The lowest BCUT2D eigenvalue weighted by Gasteiger charge is -2.17. The van der Waals surface area contributed by atoms with E-state index in [0.29, 0.717) is 10.9 Å².